The highest BCUT2D eigenvalue weighted by Gasteiger charge is 2.33. The summed E-state index contributed by atoms with van der Waals surface area (Å²) in [6.45, 7) is 3.80. The molecule has 1 N–H and O–H groups in total. The van der Waals surface area contributed by atoms with E-state index in [1.165, 1.54) is 6.92 Å². The van der Waals surface area contributed by atoms with Crippen LogP contribution in [0.15, 0.2) is 24.5 Å². The van der Waals surface area contributed by atoms with E-state index >= 15 is 0 Å². The minimum Gasteiger partial charge on any atom is -0.342 e. The molecule has 1 aliphatic rings. The molecule has 154 valence electrons. The molecule has 0 atom stereocenters. The van der Waals surface area contributed by atoms with Crippen LogP contribution in [0.5, 0.6) is 0 Å². The molecule has 0 bridgehead atoms. The van der Waals surface area contributed by atoms with Crippen LogP contribution in [0.3, 0.4) is 0 Å². The third kappa shape index (κ3) is 3.61. The minimum absolute atomic E-state index is 0.00851. The molecule has 0 spiro atoms. The Morgan fingerprint density at radius 1 is 1.33 bits per heavy atom. The van der Waals surface area contributed by atoms with E-state index in [9.17, 15) is 13.6 Å². The quantitative estimate of drug-likeness (QED) is 0.690. The first-order valence-corrected chi connectivity index (χ1v) is 9.58. The lowest BCUT2D eigenvalue weighted by atomic mass is 9.81. The maximum absolute atomic E-state index is 13.9. The van der Waals surface area contributed by atoms with E-state index in [1.807, 2.05) is 10.8 Å². The molecular formula is C21H20F2N6O. The maximum Gasteiger partial charge on any atom is 0.303 e. The van der Waals surface area contributed by atoms with Gasteiger partial charge in [0.15, 0.2) is 5.82 Å². The number of aryl methyl sites for hydroxylation is 1. The van der Waals surface area contributed by atoms with Crippen LogP contribution in [-0.2, 0) is 10.7 Å². The predicted molar refractivity (Wildman–Crippen MR) is 107 cm³/mol. The van der Waals surface area contributed by atoms with E-state index in [1.54, 1.807) is 25.3 Å². The number of anilines is 1. The zero-order valence-electron chi connectivity index (χ0n) is 16.8. The SMILES string of the molecule is CC(=O)Nc1cc2c(-c3cc(C)nc(C(C)(F)F)n3)cn(C3CC(C#N)C3)c2cn1. The number of carbonyl (C=O) groups is 1. The summed E-state index contributed by atoms with van der Waals surface area (Å²) in [6.07, 6.45) is 4.94. The minimum atomic E-state index is -3.17. The molecule has 0 unspecified atom stereocenters. The molecular weight excluding hydrogens is 390 g/mol. The Morgan fingerprint density at radius 2 is 2.07 bits per heavy atom. The monoisotopic (exact) mass is 410 g/mol. The molecule has 1 fully saturated rings. The van der Waals surface area contributed by atoms with Gasteiger partial charge < -0.3 is 9.88 Å². The maximum atomic E-state index is 13.9. The van der Waals surface area contributed by atoms with Crippen molar-refractivity contribution < 1.29 is 13.6 Å². The Hall–Kier alpha value is -3.41. The van der Waals surface area contributed by atoms with Gasteiger partial charge in [-0.25, -0.2) is 15.0 Å². The van der Waals surface area contributed by atoms with Gasteiger partial charge in [0.25, 0.3) is 0 Å². The van der Waals surface area contributed by atoms with E-state index < -0.39 is 11.7 Å². The van der Waals surface area contributed by atoms with E-state index in [-0.39, 0.29) is 17.9 Å². The molecule has 3 heterocycles. The fourth-order valence-corrected chi connectivity index (χ4v) is 3.73. The Morgan fingerprint density at radius 3 is 2.70 bits per heavy atom. The Kier molecular flexibility index (Phi) is 4.73. The number of amides is 1. The van der Waals surface area contributed by atoms with Crippen molar-refractivity contribution in [3.05, 3.63) is 36.0 Å². The number of nitriles is 1. The molecule has 3 aromatic rings. The van der Waals surface area contributed by atoms with Crippen molar-refractivity contribution in [3.63, 3.8) is 0 Å². The Bertz CT molecular complexity index is 1180. The second-order valence-corrected chi connectivity index (χ2v) is 7.78. The summed E-state index contributed by atoms with van der Waals surface area (Å²) in [4.78, 5) is 23.8. The number of alkyl halides is 2. The predicted octanol–water partition coefficient (Wildman–Crippen LogP) is 4.35. The zero-order valence-corrected chi connectivity index (χ0v) is 16.8. The number of fused-ring (bicyclic) bond motifs is 1. The van der Waals surface area contributed by atoms with Crippen molar-refractivity contribution in [2.45, 2.75) is 45.6 Å². The third-order valence-corrected chi connectivity index (χ3v) is 5.24. The highest BCUT2D eigenvalue weighted by atomic mass is 19.3. The molecule has 4 rings (SSSR count). The number of hydrogen-bond acceptors (Lipinski definition) is 5. The standard InChI is InChI=1S/C21H20F2N6O/c1-11-4-17(28-20(26-11)21(3,22)23)16-10-29(14-5-13(6-14)8-24)18-9-25-19(7-15(16)18)27-12(2)30/h4,7,9-10,13-14H,5-6H2,1-3H3,(H,25,27,30). The Balaban J connectivity index is 1.89. The molecule has 30 heavy (non-hydrogen) atoms. The van der Waals surface area contributed by atoms with Crippen LogP contribution in [0.2, 0.25) is 0 Å². The number of rotatable bonds is 4. The summed E-state index contributed by atoms with van der Waals surface area (Å²) >= 11 is 0. The van der Waals surface area contributed by atoms with Crippen LogP contribution in [-0.4, -0.2) is 25.4 Å². The molecule has 0 aromatic carbocycles. The van der Waals surface area contributed by atoms with Crippen LogP contribution >= 0.6 is 0 Å². The number of carbonyl (C=O) groups excluding carboxylic acids is 1. The van der Waals surface area contributed by atoms with Crippen LogP contribution in [0, 0.1) is 24.2 Å². The van der Waals surface area contributed by atoms with Crippen molar-refractivity contribution in [3.8, 4) is 17.3 Å². The van der Waals surface area contributed by atoms with Gasteiger partial charge in [-0.05, 0) is 31.9 Å². The molecule has 1 amide bonds. The highest BCUT2D eigenvalue weighted by molar-refractivity contribution is 5.98. The van der Waals surface area contributed by atoms with Gasteiger partial charge in [-0.2, -0.15) is 14.0 Å². The molecule has 7 nitrogen and oxygen atoms in total. The zero-order chi connectivity index (χ0) is 21.6. The lowest BCUT2D eigenvalue weighted by Crippen LogP contribution is -2.25. The van der Waals surface area contributed by atoms with Crippen molar-refractivity contribution in [1.29, 1.82) is 5.26 Å². The first-order chi connectivity index (χ1) is 14.2. The fourth-order valence-electron chi connectivity index (χ4n) is 3.73. The second kappa shape index (κ2) is 7.13. The van der Waals surface area contributed by atoms with E-state index in [4.69, 9.17) is 5.26 Å². The average Bonchev–Trinajstić information content (AvgIpc) is 2.98. The highest BCUT2D eigenvalue weighted by Crippen LogP contribution is 2.42. The number of pyridine rings is 1. The normalized spacial score (nSPS) is 18.7. The summed E-state index contributed by atoms with van der Waals surface area (Å²) < 4.78 is 29.8. The lowest BCUT2D eigenvalue weighted by molar-refractivity contribution is -0.114. The number of halogens is 2. The number of nitrogens with zero attached hydrogens (tertiary/aromatic N) is 5. The number of aromatic nitrogens is 4. The second-order valence-electron chi connectivity index (χ2n) is 7.78. The molecule has 3 aromatic heterocycles. The fraction of sp³-hybridized carbons (Fsp3) is 0.381. The smallest absolute Gasteiger partial charge is 0.303 e. The van der Waals surface area contributed by atoms with Crippen LogP contribution in [0.1, 0.15) is 44.2 Å². The first kappa shape index (κ1) is 19.9. The molecule has 1 saturated carbocycles. The third-order valence-electron chi connectivity index (χ3n) is 5.24. The molecule has 9 heteroatoms. The number of nitrogens with one attached hydrogen (secondary N) is 1. The number of hydrogen-bond donors (Lipinski definition) is 1. The van der Waals surface area contributed by atoms with Crippen molar-refractivity contribution in [2.75, 3.05) is 5.32 Å². The van der Waals surface area contributed by atoms with Gasteiger partial charge >= 0.3 is 5.92 Å². The molecule has 1 aliphatic carbocycles. The van der Waals surface area contributed by atoms with Crippen LogP contribution < -0.4 is 5.32 Å². The van der Waals surface area contributed by atoms with Gasteiger partial charge in [0.1, 0.15) is 5.82 Å². The van der Waals surface area contributed by atoms with Crippen LogP contribution in [0.4, 0.5) is 14.6 Å². The van der Waals surface area contributed by atoms with Gasteiger partial charge in [0, 0.05) is 42.7 Å². The summed E-state index contributed by atoms with van der Waals surface area (Å²) in [6, 6.07) is 5.76. The van der Waals surface area contributed by atoms with E-state index in [0.717, 1.165) is 17.8 Å². The molecule has 0 radical (unpaired) electrons. The van der Waals surface area contributed by atoms with E-state index in [0.29, 0.717) is 35.6 Å². The van der Waals surface area contributed by atoms with Gasteiger partial charge in [-0.15, -0.1) is 0 Å². The van der Waals surface area contributed by atoms with Gasteiger partial charge in [0.05, 0.1) is 29.4 Å². The Labute approximate surface area is 171 Å². The lowest BCUT2D eigenvalue weighted by Gasteiger charge is -2.32. The summed E-state index contributed by atoms with van der Waals surface area (Å²) in [5, 5.41) is 12.5. The first-order valence-electron chi connectivity index (χ1n) is 9.58. The summed E-state index contributed by atoms with van der Waals surface area (Å²) in [5.74, 6) is -3.60. The van der Waals surface area contributed by atoms with Crippen molar-refractivity contribution >= 4 is 22.6 Å². The van der Waals surface area contributed by atoms with Gasteiger partial charge in [-0.3, -0.25) is 4.79 Å². The summed E-state index contributed by atoms with van der Waals surface area (Å²) in [7, 11) is 0. The summed E-state index contributed by atoms with van der Waals surface area (Å²) in [5.41, 5.74) is 2.25. The average molecular weight is 410 g/mol. The van der Waals surface area contributed by atoms with Gasteiger partial charge in [-0.1, -0.05) is 0 Å². The molecule has 0 aliphatic heterocycles. The largest absolute Gasteiger partial charge is 0.342 e. The van der Waals surface area contributed by atoms with E-state index in [2.05, 4.69) is 26.3 Å². The topological polar surface area (TPSA) is 96.5 Å². The molecule has 0 saturated heterocycles. The van der Waals surface area contributed by atoms with Gasteiger partial charge in [0.2, 0.25) is 5.91 Å². The van der Waals surface area contributed by atoms with Crippen molar-refractivity contribution in [1.82, 2.24) is 19.5 Å². The van der Waals surface area contributed by atoms with Crippen molar-refractivity contribution in [2.24, 2.45) is 5.92 Å². The van der Waals surface area contributed by atoms with Crippen LogP contribution in [0.25, 0.3) is 22.2 Å².